The normalized spacial score (nSPS) is 18.3. The Morgan fingerprint density at radius 1 is 0.870 bits per heavy atom. The van der Waals surface area contributed by atoms with Crippen LogP contribution in [-0.4, -0.2) is 117 Å². The van der Waals surface area contributed by atoms with Gasteiger partial charge in [-0.3, -0.25) is 33.6 Å². The summed E-state index contributed by atoms with van der Waals surface area (Å²) in [4.78, 5) is 101. The SMILES string of the molecule is CC[C@H](C)[C@H](NC(=O)[C@H](CC(N)=O)NC(=O)[C@@H](N)CCC(=O)O)C(=O)N1CCC[C@H]1C(=O)N[C@@H](CO)C(=O)N[C@H](C(=O)O)C(C)C. The van der Waals surface area contributed by atoms with E-state index in [0.29, 0.717) is 12.8 Å². The van der Waals surface area contributed by atoms with Gasteiger partial charge >= 0.3 is 11.9 Å². The van der Waals surface area contributed by atoms with E-state index in [2.05, 4.69) is 21.3 Å². The number of carboxylic acids is 2. The van der Waals surface area contributed by atoms with E-state index in [9.17, 15) is 48.6 Å². The molecular weight excluding hydrogens is 610 g/mol. The molecule has 1 fully saturated rings. The molecule has 0 aromatic heterocycles. The molecule has 6 amide bonds. The number of primary amides is 1. The zero-order chi connectivity index (χ0) is 35.3. The molecule has 46 heavy (non-hydrogen) atoms. The molecule has 0 spiro atoms. The summed E-state index contributed by atoms with van der Waals surface area (Å²) in [5.74, 6) is -8.63. The van der Waals surface area contributed by atoms with Gasteiger partial charge in [0.15, 0.2) is 0 Å². The van der Waals surface area contributed by atoms with Gasteiger partial charge in [-0.05, 0) is 31.1 Å². The smallest absolute Gasteiger partial charge is 0.326 e. The van der Waals surface area contributed by atoms with Crippen LogP contribution in [0.2, 0.25) is 0 Å². The van der Waals surface area contributed by atoms with Crippen LogP contribution in [0.5, 0.6) is 0 Å². The third-order valence-corrected chi connectivity index (χ3v) is 7.71. The van der Waals surface area contributed by atoms with Gasteiger partial charge in [0.05, 0.1) is 19.1 Å². The predicted molar refractivity (Wildman–Crippen MR) is 160 cm³/mol. The number of nitrogens with zero attached hydrogens (tertiary/aromatic N) is 1. The topological polar surface area (TPSA) is 301 Å². The first-order chi connectivity index (χ1) is 21.4. The summed E-state index contributed by atoms with van der Waals surface area (Å²) in [6.45, 7) is 5.83. The molecule has 1 heterocycles. The average molecular weight is 658 g/mol. The highest BCUT2D eigenvalue weighted by Gasteiger charge is 2.41. The highest BCUT2D eigenvalue weighted by Crippen LogP contribution is 2.22. The van der Waals surface area contributed by atoms with Crippen molar-refractivity contribution in [3.63, 3.8) is 0 Å². The number of nitrogens with two attached hydrogens (primary N) is 2. The van der Waals surface area contributed by atoms with E-state index in [4.69, 9.17) is 16.6 Å². The van der Waals surface area contributed by atoms with Crippen molar-refractivity contribution in [2.45, 2.75) is 102 Å². The van der Waals surface area contributed by atoms with Gasteiger partial charge in [-0.15, -0.1) is 0 Å². The van der Waals surface area contributed by atoms with E-state index < -0.39 is 115 Å². The van der Waals surface area contributed by atoms with Crippen molar-refractivity contribution >= 4 is 47.4 Å². The molecule has 0 bridgehead atoms. The van der Waals surface area contributed by atoms with Gasteiger partial charge in [0.1, 0.15) is 30.2 Å². The van der Waals surface area contributed by atoms with Gasteiger partial charge in [0, 0.05) is 13.0 Å². The minimum atomic E-state index is -1.54. The minimum absolute atomic E-state index is 0.115. The summed E-state index contributed by atoms with van der Waals surface area (Å²) in [6.07, 6.45) is -0.331. The standard InChI is InChI=1S/C28H47N7O11/c1-5-14(4)22(34-24(41)16(11-19(30)37)31-23(40)15(29)8-9-20(38)39)27(44)35-10-6-7-18(35)26(43)32-17(12-36)25(42)33-21(13(2)3)28(45)46/h13-18,21-22,36H,5-12,29H2,1-4H3,(H2,30,37)(H,31,40)(H,32,43)(H,33,42)(H,34,41)(H,38,39)(H,45,46)/t14-,15-,16-,17-,18-,21-,22-/m0/s1. The van der Waals surface area contributed by atoms with Gasteiger partial charge in [0.25, 0.3) is 0 Å². The molecule has 0 saturated carbocycles. The maximum atomic E-state index is 13.8. The Morgan fingerprint density at radius 2 is 1.46 bits per heavy atom. The maximum absolute atomic E-state index is 13.8. The molecule has 7 atom stereocenters. The Bertz CT molecular complexity index is 1150. The minimum Gasteiger partial charge on any atom is -0.481 e. The van der Waals surface area contributed by atoms with Crippen LogP contribution in [0.15, 0.2) is 0 Å². The zero-order valence-corrected chi connectivity index (χ0v) is 26.5. The van der Waals surface area contributed by atoms with E-state index in [1.807, 2.05) is 0 Å². The van der Waals surface area contributed by atoms with Crippen molar-refractivity contribution in [3.8, 4) is 0 Å². The number of hydrogen-bond acceptors (Lipinski definition) is 10. The Hall–Kier alpha value is -4.32. The number of carbonyl (C=O) groups excluding carboxylic acids is 6. The second-order valence-corrected chi connectivity index (χ2v) is 11.6. The number of aliphatic hydroxyl groups is 1. The van der Waals surface area contributed by atoms with E-state index in [1.54, 1.807) is 27.7 Å². The Balaban J connectivity index is 3.12. The first kappa shape index (κ1) is 39.7. The first-order valence-electron chi connectivity index (χ1n) is 15.1. The molecule has 0 radical (unpaired) electrons. The summed E-state index contributed by atoms with van der Waals surface area (Å²) in [6, 6.07) is -7.94. The molecular formula is C28H47N7O11. The van der Waals surface area contributed by atoms with Crippen LogP contribution in [0.4, 0.5) is 0 Å². The van der Waals surface area contributed by atoms with Crippen molar-refractivity contribution in [2.24, 2.45) is 23.3 Å². The third kappa shape index (κ3) is 11.9. The molecule has 0 aliphatic carbocycles. The van der Waals surface area contributed by atoms with E-state index in [1.165, 1.54) is 4.90 Å². The Labute approximate surface area is 266 Å². The van der Waals surface area contributed by atoms with Gasteiger partial charge < -0.3 is 53.0 Å². The molecule has 0 aromatic carbocycles. The lowest BCUT2D eigenvalue weighted by Crippen LogP contribution is -2.61. The quantitative estimate of drug-likeness (QED) is 0.0662. The van der Waals surface area contributed by atoms with E-state index in [-0.39, 0.29) is 19.4 Å². The lowest BCUT2D eigenvalue weighted by Gasteiger charge is -2.33. The fourth-order valence-electron chi connectivity index (χ4n) is 4.75. The molecule has 18 heteroatoms. The van der Waals surface area contributed by atoms with Crippen molar-refractivity contribution in [3.05, 3.63) is 0 Å². The number of carboxylic acid groups (broad SMARTS) is 2. The van der Waals surface area contributed by atoms with Gasteiger partial charge in [-0.1, -0.05) is 34.1 Å². The molecule has 11 N–H and O–H groups in total. The van der Waals surface area contributed by atoms with Gasteiger partial charge in [-0.2, -0.15) is 0 Å². The molecule has 260 valence electrons. The molecule has 1 aliphatic rings. The molecule has 1 rings (SSSR count). The van der Waals surface area contributed by atoms with Crippen LogP contribution >= 0.6 is 0 Å². The van der Waals surface area contributed by atoms with Crippen molar-refractivity contribution in [2.75, 3.05) is 13.2 Å². The van der Waals surface area contributed by atoms with Crippen LogP contribution in [0, 0.1) is 11.8 Å². The summed E-state index contributed by atoms with van der Waals surface area (Å²) < 4.78 is 0. The third-order valence-electron chi connectivity index (χ3n) is 7.71. The van der Waals surface area contributed by atoms with Crippen molar-refractivity contribution in [1.82, 2.24) is 26.2 Å². The highest BCUT2D eigenvalue weighted by molar-refractivity contribution is 5.98. The van der Waals surface area contributed by atoms with Gasteiger partial charge in [-0.25, -0.2) is 4.79 Å². The van der Waals surface area contributed by atoms with Crippen LogP contribution in [0.1, 0.15) is 66.2 Å². The number of hydrogen-bond donors (Lipinski definition) is 9. The summed E-state index contributed by atoms with van der Waals surface area (Å²) in [5.41, 5.74) is 11.0. The molecule has 0 aromatic rings. The monoisotopic (exact) mass is 657 g/mol. The predicted octanol–water partition coefficient (Wildman–Crippen LogP) is -3.24. The number of likely N-dealkylation sites (tertiary alicyclic amines) is 1. The molecule has 1 aliphatic heterocycles. The van der Waals surface area contributed by atoms with E-state index in [0.717, 1.165) is 0 Å². The fourth-order valence-corrected chi connectivity index (χ4v) is 4.75. The summed E-state index contributed by atoms with van der Waals surface area (Å²) in [7, 11) is 0. The van der Waals surface area contributed by atoms with E-state index >= 15 is 0 Å². The summed E-state index contributed by atoms with van der Waals surface area (Å²) >= 11 is 0. The van der Waals surface area contributed by atoms with Crippen LogP contribution in [0.25, 0.3) is 0 Å². The lowest BCUT2D eigenvalue weighted by molar-refractivity contribution is -0.145. The first-order valence-corrected chi connectivity index (χ1v) is 15.1. The highest BCUT2D eigenvalue weighted by atomic mass is 16.4. The molecule has 0 unspecified atom stereocenters. The lowest BCUT2D eigenvalue weighted by atomic mass is 9.96. The zero-order valence-electron chi connectivity index (χ0n) is 26.5. The van der Waals surface area contributed by atoms with Crippen molar-refractivity contribution in [1.29, 1.82) is 0 Å². The van der Waals surface area contributed by atoms with Crippen LogP contribution in [-0.2, 0) is 38.4 Å². The Morgan fingerprint density at radius 3 is 1.96 bits per heavy atom. The number of rotatable bonds is 19. The number of nitrogens with one attached hydrogen (secondary N) is 4. The van der Waals surface area contributed by atoms with Crippen LogP contribution in [0.3, 0.4) is 0 Å². The summed E-state index contributed by atoms with van der Waals surface area (Å²) in [5, 5.41) is 37.4. The maximum Gasteiger partial charge on any atom is 0.326 e. The number of carbonyl (C=O) groups is 8. The number of amides is 6. The fraction of sp³-hybridized carbons (Fsp3) is 0.714. The van der Waals surface area contributed by atoms with Crippen molar-refractivity contribution < 1.29 is 53.7 Å². The Kier molecular flexibility index (Phi) is 16.1. The number of aliphatic carboxylic acids is 2. The van der Waals surface area contributed by atoms with Crippen LogP contribution < -0.4 is 32.7 Å². The second kappa shape index (κ2) is 18.6. The average Bonchev–Trinajstić information content (AvgIpc) is 3.48. The molecule has 18 nitrogen and oxygen atoms in total. The van der Waals surface area contributed by atoms with Gasteiger partial charge in [0.2, 0.25) is 35.4 Å². The second-order valence-electron chi connectivity index (χ2n) is 11.6. The number of aliphatic hydroxyl groups excluding tert-OH is 1. The largest absolute Gasteiger partial charge is 0.481 e. The molecule has 1 saturated heterocycles.